The van der Waals surface area contributed by atoms with Crippen LogP contribution in [0.2, 0.25) is 0 Å². The van der Waals surface area contributed by atoms with Gasteiger partial charge in [0.25, 0.3) is 18.3 Å². The number of nitrogens with zero attached hydrogens (tertiary/aromatic N) is 2. The van der Waals surface area contributed by atoms with Crippen LogP contribution in [0.5, 0.6) is 0 Å². The van der Waals surface area contributed by atoms with E-state index in [4.69, 9.17) is 9.15 Å². The first-order valence-electron chi connectivity index (χ1n) is 8.77. The molecule has 0 saturated carbocycles. The first-order valence-corrected chi connectivity index (χ1v) is 10.2. The van der Waals surface area contributed by atoms with Crippen LogP contribution in [0.25, 0.3) is 0 Å². The fraction of sp³-hybridized carbons (Fsp3) is 0.412. The summed E-state index contributed by atoms with van der Waals surface area (Å²) >= 11 is 0. The highest BCUT2D eigenvalue weighted by molar-refractivity contribution is 7.87. The van der Waals surface area contributed by atoms with Crippen LogP contribution in [-0.2, 0) is 14.9 Å². The van der Waals surface area contributed by atoms with E-state index in [9.17, 15) is 22.0 Å². The Balaban J connectivity index is 1.69. The molecule has 9 nitrogen and oxygen atoms in total. The molecule has 0 aliphatic carbocycles. The van der Waals surface area contributed by atoms with Crippen LogP contribution in [0.1, 0.15) is 34.5 Å². The second-order valence-electron chi connectivity index (χ2n) is 6.34. The molecule has 1 aliphatic rings. The van der Waals surface area contributed by atoms with Gasteiger partial charge in [-0.1, -0.05) is 12.1 Å². The Kier molecular flexibility index (Phi) is 6.45. The third kappa shape index (κ3) is 5.28. The van der Waals surface area contributed by atoms with Crippen LogP contribution in [0.15, 0.2) is 28.9 Å². The van der Waals surface area contributed by atoms with Crippen molar-refractivity contribution in [3.63, 3.8) is 0 Å². The lowest BCUT2D eigenvalue weighted by atomic mass is 10.1. The van der Waals surface area contributed by atoms with Gasteiger partial charge in [-0.3, -0.25) is 4.79 Å². The van der Waals surface area contributed by atoms with E-state index in [1.165, 1.54) is 18.2 Å². The third-order valence-corrected chi connectivity index (χ3v) is 5.72. The summed E-state index contributed by atoms with van der Waals surface area (Å²) in [6, 6.07) is 3.93. The quantitative estimate of drug-likeness (QED) is 0.723. The number of alkyl halides is 2. The summed E-state index contributed by atoms with van der Waals surface area (Å²) in [7, 11) is -4.06. The molecule has 0 atom stereocenters. The summed E-state index contributed by atoms with van der Waals surface area (Å²) in [6.07, 6.45) is -1.15. The SMILES string of the molecule is Cc1ccc(C(F)F)cc1Nc1nc(C(=O)NS(=O)(=O)N2CCCOCC2)co1. The number of hydrogen-bond acceptors (Lipinski definition) is 7. The van der Waals surface area contributed by atoms with Gasteiger partial charge in [0, 0.05) is 30.9 Å². The molecule has 12 heteroatoms. The molecule has 0 unspecified atom stereocenters. The number of oxazole rings is 1. The molecule has 3 rings (SSSR count). The molecular formula is C17H20F2N4O5S. The minimum Gasteiger partial charge on any atom is -0.431 e. The zero-order valence-corrected chi connectivity index (χ0v) is 16.3. The van der Waals surface area contributed by atoms with E-state index in [2.05, 4.69) is 10.3 Å². The minimum atomic E-state index is -4.06. The first-order chi connectivity index (χ1) is 13.8. The fourth-order valence-electron chi connectivity index (χ4n) is 2.66. The van der Waals surface area contributed by atoms with Gasteiger partial charge in [-0.25, -0.2) is 13.5 Å². The highest BCUT2D eigenvalue weighted by Crippen LogP contribution is 2.26. The average molecular weight is 430 g/mol. The van der Waals surface area contributed by atoms with Gasteiger partial charge in [0.05, 0.1) is 6.61 Å². The highest BCUT2D eigenvalue weighted by Gasteiger charge is 2.27. The predicted octanol–water partition coefficient (Wildman–Crippen LogP) is 2.36. The van der Waals surface area contributed by atoms with Crippen molar-refractivity contribution in [3.8, 4) is 0 Å². The van der Waals surface area contributed by atoms with Gasteiger partial charge in [-0.15, -0.1) is 0 Å². The fourth-order valence-corrected chi connectivity index (χ4v) is 3.81. The van der Waals surface area contributed by atoms with Gasteiger partial charge in [0.15, 0.2) is 5.69 Å². The first kappa shape index (κ1) is 21.1. The molecule has 1 amide bonds. The third-order valence-electron chi connectivity index (χ3n) is 4.23. The molecule has 1 aromatic heterocycles. The molecule has 1 fully saturated rings. The Bertz CT molecular complexity index is 972. The van der Waals surface area contributed by atoms with Crippen molar-refractivity contribution < 1.29 is 31.1 Å². The number of aryl methyl sites for hydroxylation is 1. The summed E-state index contributed by atoms with van der Waals surface area (Å²) in [4.78, 5) is 16.2. The van der Waals surface area contributed by atoms with Crippen molar-refractivity contribution >= 4 is 27.8 Å². The summed E-state index contributed by atoms with van der Waals surface area (Å²) in [6.45, 7) is 2.75. The molecule has 2 N–H and O–H groups in total. The molecule has 2 aromatic rings. The van der Waals surface area contributed by atoms with Crippen LogP contribution >= 0.6 is 0 Å². The van der Waals surface area contributed by atoms with E-state index < -0.39 is 22.5 Å². The zero-order valence-electron chi connectivity index (χ0n) is 15.5. The maximum atomic E-state index is 12.9. The molecule has 1 aliphatic heterocycles. The topological polar surface area (TPSA) is 114 Å². The van der Waals surface area contributed by atoms with Crippen molar-refractivity contribution in [2.24, 2.45) is 0 Å². The number of carbonyl (C=O) groups is 1. The van der Waals surface area contributed by atoms with E-state index in [0.717, 1.165) is 10.6 Å². The number of ether oxygens (including phenoxy) is 1. The molecule has 0 spiro atoms. The van der Waals surface area contributed by atoms with Crippen molar-refractivity contribution in [1.82, 2.24) is 14.0 Å². The smallest absolute Gasteiger partial charge is 0.304 e. The van der Waals surface area contributed by atoms with Gasteiger partial charge >= 0.3 is 10.2 Å². The molecule has 0 radical (unpaired) electrons. The van der Waals surface area contributed by atoms with Crippen LogP contribution in [0.4, 0.5) is 20.5 Å². The van der Waals surface area contributed by atoms with Crippen molar-refractivity contribution in [1.29, 1.82) is 0 Å². The maximum Gasteiger partial charge on any atom is 0.304 e. The van der Waals surface area contributed by atoms with E-state index in [1.807, 2.05) is 4.72 Å². The Hall–Kier alpha value is -2.57. The standard InChI is InChI=1S/C17H20F2N4O5S/c1-11-3-4-12(15(18)19)9-13(11)20-17-21-14(10-28-17)16(24)22-29(25,26)23-5-2-7-27-8-6-23/h3-4,9-10,15H,2,5-8H2,1H3,(H,20,21)(H,22,24). The number of nitrogens with one attached hydrogen (secondary N) is 2. The number of benzene rings is 1. The summed E-state index contributed by atoms with van der Waals surface area (Å²) in [5.74, 6) is -0.968. The highest BCUT2D eigenvalue weighted by atomic mass is 32.2. The van der Waals surface area contributed by atoms with Gasteiger partial charge in [0.1, 0.15) is 6.26 Å². The minimum absolute atomic E-state index is 0.133. The van der Waals surface area contributed by atoms with Gasteiger partial charge < -0.3 is 14.5 Å². The van der Waals surface area contributed by atoms with Gasteiger partial charge in [-0.05, 0) is 25.0 Å². The Morgan fingerprint density at radius 3 is 2.83 bits per heavy atom. The lowest BCUT2D eigenvalue weighted by Gasteiger charge is -2.18. The van der Waals surface area contributed by atoms with Crippen molar-refractivity contribution in [3.05, 3.63) is 41.3 Å². The van der Waals surface area contributed by atoms with Gasteiger partial charge in [-0.2, -0.15) is 17.7 Å². The summed E-state index contributed by atoms with van der Waals surface area (Å²) < 4.78 is 63.9. The van der Waals surface area contributed by atoms with Crippen LogP contribution in [-0.4, -0.2) is 49.9 Å². The lowest BCUT2D eigenvalue weighted by Crippen LogP contribution is -2.44. The second kappa shape index (κ2) is 8.84. The second-order valence-corrected chi connectivity index (χ2v) is 8.01. The molecule has 29 heavy (non-hydrogen) atoms. The number of anilines is 2. The Morgan fingerprint density at radius 2 is 2.07 bits per heavy atom. The number of hydrogen-bond donors (Lipinski definition) is 2. The predicted molar refractivity (Wildman–Crippen MR) is 99.3 cm³/mol. The number of halogens is 2. The number of rotatable bonds is 6. The van der Waals surface area contributed by atoms with Crippen LogP contribution in [0, 0.1) is 6.92 Å². The van der Waals surface area contributed by atoms with Crippen molar-refractivity contribution in [2.75, 3.05) is 31.6 Å². The summed E-state index contributed by atoms with van der Waals surface area (Å²) in [5, 5.41) is 2.71. The van der Waals surface area contributed by atoms with E-state index >= 15 is 0 Å². The molecule has 158 valence electrons. The maximum absolute atomic E-state index is 12.9. The number of amides is 1. The molecule has 2 heterocycles. The summed E-state index contributed by atoms with van der Waals surface area (Å²) in [5.41, 5.74) is 0.526. The van der Waals surface area contributed by atoms with Crippen LogP contribution in [0.3, 0.4) is 0 Å². The van der Waals surface area contributed by atoms with Crippen molar-refractivity contribution in [2.45, 2.75) is 19.8 Å². The number of aromatic nitrogens is 1. The normalized spacial score (nSPS) is 15.9. The molecule has 0 bridgehead atoms. The largest absolute Gasteiger partial charge is 0.431 e. The molecular weight excluding hydrogens is 410 g/mol. The van der Waals surface area contributed by atoms with Gasteiger partial charge in [0.2, 0.25) is 0 Å². The average Bonchev–Trinajstić information content (AvgIpc) is 2.95. The van der Waals surface area contributed by atoms with E-state index in [-0.39, 0.29) is 37.0 Å². The lowest BCUT2D eigenvalue weighted by molar-refractivity contribution is 0.0973. The zero-order chi connectivity index (χ0) is 21.0. The molecule has 1 aromatic carbocycles. The van der Waals surface area contributed by atoms with E-state index in [1.54, 1.807) is 6.92 Å². The Labute approximate surface area is 166 Å². The molecule has 1 saturated heterocycles. The van der Waals surface area contributed by atoms with Crippen LogP contribution < -0.4 is 10.0 Å². The monoisotopic (exact) mass is 430 g/mol. The van der Waals surface area contributed by atoms with E-state index in [0.29, 0.717) is 24.3 Å². The Morgan fingerprint density at radius 1 is 1.28 bits per heavy atom. The number of carbonyl (C=O) groups excluding carboxylic acids is 1.